The number of aryl methyl sites for hydroxylation is 1. The summed E-state index contributed by atoms with van der Waals surface area (Å²) in [4.78, 5) is 12.6. The van der Waals surface area contributed by atoms with Gasteiger partial charge in [0.2, 0.25) is 0 Å². The second kappa shape index (κ2) is 6.36. The van der Waals surface area contributed by atoms with Crippen molar-refractivity contribution >= 4 is 5.71 Å². The van der Waals surface area contributed by atoms with Crippen LogP contribution < -0.4 is 0 Å². The number of benzene rings is 1. The topological polar surface area (TPSA) is 37.7 Å². The van der Waals surface area contributed by atoms with E-state index in [0.29, 0.717) is 0 Å². The molecule has 1 spiro atoms. The summed E-state index contributed by atoms with van der Waals surface area (Å²) in [7, 11) is 0. The van der Waals surface area contributed by atoms with E-state index in [0.717, 1.165) is 50.2 Å². The Hall–Kier alpha value is -2.20. The third-order valence-electron chi connectivity index (χ3n) is 5.13. The Morgan fingerprint density at radius 2 is 1.92 bits per heavy atom. The summed E-state index contributed by atoms with van der Waals surface area (Å²) >= 11 is 0. The van der Waals surface area contributed by atoms with Crippen LogP contribution in [-0.2, 0) is 11.4 Å². The molecule has 3 heterocycles. The fraction of sp³-hybridized carbons (Fsp3) is 0.400. The van der Waals surface area contributed by atoms with E-state index in [1.165, 1.54) is 11.1 Å². The minimum atomic E-state index is -0.102. The van der Waals surface area contributed by atoms with Gasteiger partial charge in [-0.25, -0.2) is 0 Å². The molecule has 0 amide bonds. The molecule has 2 aliphatic heterocycles. The van der Waals surface area contributed by atoms with Crippen LogP contribution in [0, 0.1) is 6.92 Å². The molecule has 4 nitrogen and oxygen atoms in total. The van der Waals surface area contributed by atoms with Crippen molar-refractivity contribution in [2.45, 2.75) is 38.3 Å². The first kappa shape index (κ1) is 15.3. The van der Waals surface area contributed by atoms with Crippen LogP contribution in [0.2, 0.25) is 0 Å². The number of piperidine rings is 1. The van der Waals surface area contributed by atoms with Crippen molar-refractivity contribution in [2.75, 3.05) is 13.1 Å². The number of likely N-dealkylation sites (tertiary alicyclic amines) is 1. The molecule has 4 rings (SSSR count). The zero-order valence-electron chi connectivity index (χ0n) is 14.1. The van der Waals surface area contributed by atoms with Crippen LogP contribution in [0.1, 0.15) is 36.0 Å². The van der Waals surface area contributed by atoms with Gasteiger partial charge in [-0.15, -0.1) is 0 Å². The van der Waals surface area contributed by atoms with Gasteiger partial charge in [0.15, 0.2) is 0 Å². The monoisotopic (exact) mass is 321 g/mol. The summed E-state index contributed by atoms with van der Waals surface area (Å²) in [5.74, 6) is 0. The molecule has 1 fully saturated rings. The summed E-state index contributed by atoms with van der Waals surface area (Å²) in [6.45, 7) is 5.27. The van der Waals surface area contributed by atoms with Crippen LogP contribution in [0.25, 0.3) is 0 Å². The van der Waals surface area contributed by atoms with E-state index in [9.17, 15) is 0 Å². The minimum Gasteiger partial charge on any atom is -0.388 e. The van der Waals surface area contributed by atoms with E-state index in [-0.39, 0.29) is 5.60 Å². The van der Waals surface area contributed by atoms with Gasteiger partial charge < -0.3 is 4.84 Å². The van der Waals surface area contributed by atoms with Gasteiger partial charge in [0.1, 0.15) is 5.60 Å². The molecule has 124 valence electrons. The van der Waals surface area contributed by atoms with Crippen molar-refractivity contribution in [1.29, 1.82) is 0 Å². The van der Waals surface area contributed by atoms with Gasteiger partial charge >= 0.3 is 0 Å². The second-order valence-electron chi connectivity index (χ2n) is 6.99. The van der Waals surface area contributed by atoms with Gasteiger partial charge in [0.05, 0.1) is 5.71 Å². The minimum absolute atomic E-state index is 0.102. The maximum Gasteiger partial charge on any atom is 0.145 e. The number of nitrogens with zero attached hydrogens (tertiary/aromatic N) is 3. The Kier molecular flexibility index (Phi) is 4.07. The standard InChI is InChI=1S/C20H23N3O/c1-16-4-6-17(7-5-16)15-23-11-8-20(9-12-23)13-19(22-24-20)18-3-2-10-21-14-18/h2-7,10,14H,8-9,11-13,15H2,1H3. The second-order valence-corrected chi connectivity index (χ2v) is 6.99. The van der Waals surface area contributed by atoms with Crippen LogP contribution in [0.5, 0.6) is 0 Å². The zero-order chi connectivity index (χ0) is 16.4. The van der Waals surface area contributed by atoms with Crippen molar-refractivity contribution in [2.24, 2.45) is 5.16 Å². The maximum absolute atomic E-state index is 5.90. The number of rotatable bonds is 3. The van der Waals surface area contributed by atoms with Crippen molar-refractivity contribution in [3.05, 3.63) is 65.5 Å². The lowest BCUT2D eigenvalue weighted by molar-refractivity contribution is -0.0627. The number of hydrogen-bond donors (Lipinski definition) is 0. The Morgan fingerprint density at radius 1 is 1.12 bits per heavy atom. The van der Waals surface area contributed by atoms with Crippen LogP contribution in [0.3, 0.4) is 0 Å². The van der Waals surface area contributed by atoms with Crippen molar-refractivity contribution in [3.63, 3.8) is 0 Å². The Bertz CT molecular complexity index is 716. The Labute approximate surface area is 143 Å². The van der Waals surface area contributed by atoms with Gasteiger partial charge in [-0.2, -0.15) is 0 Å². The van der Waals surface area contributed by atoms with E-state index in [4.69, 9.17) is 4.84 Å². The smallest absolute Gasteiger partial charge is 0.145 e. The lowest BCUT2D eigenvalue weighted by Crippen LogP contribution is -2.44. The molecule has 0 unspecified atom stereocenters. The number of aromatic nitrogens is 1. The van der Waals surface area contributed by atoms with Gasteiger partial charge in [-0.1, -0.05) is 35.0 Å². The molecular formula is C20H23N3O. The summed E-state index contributed by atoms with van der Waals surface area (Å²) in [6.07, 6.45) is 6.63. The molecule has 0 saturated carbocycles. The van der Waals surface area contributed by atoms with E-state index in [1.54, 1.807) is 6.20 Å². The SMILES string of the molecule is Cc1ccc(CN2CCC3(CC2)CC(c2cccnc2)=NO3)cc1. The summed E-state index contributed by atoms with van der Waals surface area (Å²) in [5, 5.41) is 4.36. The highest BCUT2D eigenvalue weighted by molar-refractivity contribution is 6.01. The first-order valence-electron chi connectivity index (χ1n) is 8.66. The molecular weight excluding hydrogens is 298 g/mol. The van der Waals surface area contributed by atoms with Crippen LogP contribution in [-0.4, -0.2) is 34.3 Å². The zero-order valence-corrected chi connectivity index (χ0v) is 14.1. The molecule has 0 radical (unpaired) electrons. The highest BCUT2D eigenvalue weighted by atomic mass is 16.7. The predicted molar refractivity (Wildman–Crippen MR) is 94.9 cm³/mol. The highest BCUT2D eigenvalue weighted by Crippen LogP contribution is 2.36. The third kappa shape index (κ3) is 3.20. The molecule has 0 aliphatic carbocycles. The van der Waals surface area contributed by atoms with Crippen LogP contribution in [0.15, 0.2) is 53.9 Å². The molecule has 0 bridgehead atoms. The lowest BCUT2D eigenvalue weighted by atomic mass is 9.85. The molecule has 1 aromatic heterocycles. The van der Waals surface area contributed by atoms with Crippen LogP contribution >= 0.6 is 0 Å². The van der Waals surface area contributed by atoms with Crippen molar-refractivity contribution < 1.29 is 4.84 Å². The molecule has 1 saturated heterocycles. The number of oxime groups is 1. The average Bonchev–Trinajstić information content (AvgIpc) is 3.04. The van der Waals surface area contributed by atoms with Crippen LogP contribution in [0.4, 0.5) is 0 Å². The van der Waals surface area contributed by atoms with Gasteiger partial charge in [0.25, 0.3) is 0 Å². The summed E-state index contributed by atoms with van der Waals surface area (Å²) in [6, 6.07) is 12.8. The molecule has 0 atom stereocenters. The molecule has 0 N–H and O–H groups in total. The fourth-order valence-corrected chi connectivity index (χ4v) is 3.55. The molecule has 4 heteroatoms. The summed E-state index contributed by atoms with van der Waals surface area (Å²) < 4.78 is 0. The maximum atomic E-state index is 5.90. The van der Waals surface area contributed by atoms with Crippen molar-refractivity contribution in [1.82, 2.24) is 9.88 Å². The molecule has 2 aromatic rings. The largest absolute Gasteiger partial charge is 0.388 e. The Balaban J connectivity index is 1.34. The fourth-order valence-electron chi connectivity index (χ4n) is 3.55. The molecule has 1 aromatic carbocycles. The summed E-state index contributed by atoms with van der Waals surface area (Å²) in [5.41, 5.74) is 4.72. The van der Waals surface area contributed by atoms with E-state index >= 15 is 0 Å². The Morgan fingerprint density at radius 3 is 2.62 bits per heavy atom. The molecule has 2 aliphatic rings. The third-order valence-corrected chi connectivity index (χ3v) is 5.13. The van der Waals surface area contributed by atoms with Gasteiger partial charge in [0, 0.05) is 56.9 Å². The predicted octanol–water partition coefficient (Wildman–Crippen LogP) is 3.55. The van der Waals surface area contributed by atoms with E-state index in [1.807, 2.05) is 12.3 Å². The lowest BCUT2D eigenvalue weighted by Gasteiger charge is -2.37. The number of pyridine rings is 1. The van der Waals surface area contributed by atoms with Gasteiger partial charge in [-0.3, -0.25) is 9.88 Å². The van der Waals surface area contributed by atoms with E-state index in [2.05, 4.69) is 52.3 Å². The molecule has 24 heavy (non-hydrogen) atoms. The first-order chi connectivity index (χ1) is 11.7. The normalized spacial score (nSPS) is 20.0. The average molecular weight is 321 g/mol. The first-order valence-corrected chi connectivity index (χ1v) is 8.66. The quantitative estimate of drug-likeness (QED) is 0.867. The van der Waals surface area contributed by atoms with E-state index < -0.39 is 0 Å². The van der Waals surface area contributed by atoms with Crippen molar-refractivity contribution in [3.8, 4) is 0 Å². The number of hydrogen-bond acceptors (Lipinski definition) is 4. The van der Waals surface area contributed by atoms with Gasteiger partial charge in [-0.05, 0) is 24.6 Å². The highest BCUT2D eigenvalue weighted by Gasteiger charge is 2.42.